The second-order valence-corrected chi connectivity index (χ2v) is 5.80. The van der Waals surface area contributed by atoms with E-state index < -0.39 is 5.72 Å². The van der Waals surface area contributed by atoms with Crippen LogP contribution in [0.1, 0.15) is 11.3 Å². The van der Waals surface area contributed by atoms with Crippen molar-refractivity contribution in [2.24, 2.45) is 0 Å². The Bertz CT molecular complexity index is 752. The van der Waals surface area contributed by atoms with E-state index in [0.29, 0.717) is 23.9 Å². The minimum absolute atomic E-state index is 0.0991. The quantitative estimate of drug-likeness (QED) is 0.813. The number of hydrogen-bond acceptors (Lipinski definition) is 3. The minimum Gasteiger partial charge on any atom is -0.344 e. The Labute approximate surface area is 133 Å². The van der Waals surface area contributed by atoms with Crippen LogP contribution in [0.15, 0.2) is 42.6 Å². The van der Waals surface area contributed by atoms with Gasteiger partial charge in [0.1, 0.15) is 0 Å². The average Bonchev–Trinajstić information content (AvgIpc) is 3.00. The summed E-state index contributed by atoms with van der Waals surface area (Å²) in [6.45, 7) is 0.980. The number of urea groups is 1. The number of fused-ring (bicyclic) bond motifs is 3. The first-order valence-corrected chi connectivity index (χ1v) is 7.43. The van der Waals surface area contributed by atoms with E-state index in [1.807, 2.05) is 30.3 Å². The molecule has 0 radical (unpaired) electrons. The lowest BCUT2D eigenvalue weighted by atomic mass is 9.93. The van der Waals surface area contributed by atoms with E-state index in [4.69, 9.17) is 16.3 Å². The van der Waals surface area contributed by atoms with E-state index in [1.165, 1.54) is 0 Å². The molecule has 2 aliphatic heterocycles. The maximum Gasteiger partial charge on any atom is 0.327 e. The molecule has 2 aliphatic rings. The number of benzene rings is 1. The summed E-state index contributed by atoms with van der Waals surface area (Å²) in [5.74, 6) is 0. The summed E-state index contributed by atoms with van der Waals surface area (Å²) in [4.78, 5) is 20.5. The van der Waals surface area contributed by atoms with E-state index in [-0.39, 0.29) is 6.03 Å². The lowest BCUT2D eigenvalue weighted by Crippen LogP contribution is -2.56. The van der Waals surface area contributed by atoms with Gasteiger partial charge in [-0.2, -0.15) is 0 Å². The summed E-state index contributed by atoms with van der Waals surface area (Å²) >= 11 is 6.20. The van der Waals surface area contributed by atoms with E-state index >= 15 is 0 Å². The molecule has 0 aliphatic carbocycles. The van der Waals surface area contributed by atoms with Gasteiger partial charge in [0.15, 0.2) is 0 Å². The summed E-state index contributed by atoms with van der Waals surface area (Å²) in [6, 6.07) is 11.0. The molecule has 3 heterocycles. The van der Waals surface area contributed by atoms with Gasteiger partial charge in [-0.15, -0.1) is 0 Å². The third kappa shape index (κ3) is 1.63. The summed E-state index contributed by atoms with van der Waals surface area (Å²) in [5, 5.41) is 0.604. The molecule has 2 amide bonds. The maximum absolute atomic E-state index is 12.7. The van der Waals surface area contributed by atoms with Crippen LogP contribution in [0.5, 0.6) is 0 Å². The molecule has 1 saturated heterocycles. The van der Waals surface area contributed by atoms with E-state index in [2.05, 4.69) is 4.98 Å². The number of carbonyl (C=O) groups excluding carboxylic acids is 1. The number of pyridine rings is 1. The van der Waals surface area contributed by atoms with Gasteiger partial charge in [-0.1, -0.05) is 17.7 Å². The summed E-state index contributed by atoms with van der Waals surface area (Å²) in [5.41, 5.74) is 1.33. The Hall–Kier alpha value is -2.11. The van der Waals surface area contributed by atoms with Crippen molar-refractivity contribution in [3.05, 3.63) is 58.9 Å². The number of aromatic nitrogens is 1. The highest BCUT2D eigenvalue weighted by molar-refractivity contribution is 6.30. The SMILES string of the molecule is CN1C(=O)N2CCOC2(c2ccccn2)c2cc(Cl)ccc21. The first-order valence-electron chi connectivity index (χ1n) is 7.05. The van der Waals surface area contributed by atoms with Crippen LogP contribution in [-0.4, -0.2) is 36.1 Å². The Kier molecular flexibility index (Phi) is 2.89. The molecular weight excluding hydrogens is 302 g/mol. The van der Waals surface area contributed by atoms with Crippen molar-refractivity contribution in [3.63, 3.8) is 0 Å². The molecule has 1 unspecified atom stereocenters. The molecule has 0 N–H and O–H groups in total. The van der Waals surface area contributed by atoms with Gasteiger partial charge in [0.2, 0.25) is 5.72 Å². The number of halogens is 1. The lowest BCUT2D eigenvalue weighted by Gasteiger charge is -2.44. The molecule has 5 nitrogen and oxygen atoms in total. The van der Waals surface area contributed by atoms with Crippen molar-refractivity contribution < 1.29 is 9.53 Å². The Balaban J connectivity index is 2.05. The fraction of sp³-hybridized carbons (Fsp3) is 0.250. The van der Waals surface area contributed by atoms with Gasteiger partial charge in [0.25, 0.3) is 0 Å². The number of nitrogens with zero attached hydrogens (tertiary/aromatic N) is 3. The van der Waals surface area contributed by atoms with E-state index in [1.54, 1.807) is 29.1 Å². The van der Waals surface area contributed by atoms with Crippen molar-refractivity contribution in [1.82, 2.24) is 9.88 Å². The normalized spacial score (nSPS) is 23.5. The van der Waals surface area contributed by atoms with Crippen LogP contribution in [-0.2, 0) is 10.5 Å². The molecule has 112 valence electrons. The molecule has 1 fully saturated rings. The number of hydrogen-bond donors (Lipinski definition) is 0. The fourth-order valence-corrected chi connectivity index (χ4v) is 3.42. The predicted molar refractivity (Wildman–Crippen MR) is 82.9 cm³/mol. The molecular formula is C16H14ClN3O2. The highest BCUT2D eigenvalue weighted by atomic mass is 35.5. The van der Waals surface area contributed by atoms with Gasteiger partial charge in [-0.25, -0.2) is 4.79 Å². The topological polar surface area (TPSA) is 45.7 Å². The highest BCUT2D eigenvalue weighted by Crippen LogP contribution is 2.48. The molecule has 22 heavy (non-hydrogen) atoms. The number of amides is 2. The zero-order valence-electron chi connectivity index (χ0n) is 12.0. The Morgan fingerprint density at radius 1 is 1.32 bits per heavy atom. The summed E-state index contributed by atoms with van der Waals surface area (Å²) < 4.78 is 6.09. The van der Waals surface area contributed by atoms with Crippen molar-refractivity contribution in [1.29, 1.82) is 0 Å². The van der Waals surface area contributed by atoms with Crippen molar-refractivity contribution in [2.45, 2.75) is 5.72 Å². The van der Waals surface area contributed by atoms with Crippen LogP contribution < -0.4 is 4.90 Å². The fourth-order valence-electron chi connectivity index (χ4n) is 3.24. The second kappa shape index (κ2) is 4.69. The van der Waals surface area contributed by atoms with E-state index in [9.17, 15) is 4.79 Å². The standard InChI is InChI=1S/C16H14ClN3O2/c1-19-13-6-5-11(17)10-12(13)16(14-4-2-3-7-18-14)20(15(19)21)8-9-22-16/h2-7,10H,8-9H2,1H3. The van der Waals surface area contributed by atoms with Crippen LogP contribution in [0.2, 0.25) is 5.02 Å². The van der Waals surface area contributed by atoms with Crippen LogP contribution in [0.4, 0.5) is 10.5 Å². The number of anilines is 1. The minimum atomic E-state index is -0.995. The second-order valence-electron chi connectivity index (χ2n) is 5.36. The van der Waals surface area contributed by atoms with Crippen LogP contribution in [0.3, 0.4) is 0 Å². The average molecular weight is 316 g/mol. The van der Waals surface area contributed by atoms with Gasteiger partial charge in [-0.05, 0) is 30.3 Å². The first-order chi connectivity index (χ1) is 10.6. The maximum atomic E-state index is 12.7. The zero-order chi connectivity index (χ0) is 15.3. The lowest BCUT2D eigenvalue weighted by molar-refractivity contribution is -0.0378. The summed E-state index contributed by atoms with van der Waals surface area (Å²) in [7, 11) is 1.76. The van der Waals surface area contributed by atoms with E-state index in [0.717, 1.165) is 11.3 Å². The predicted octanol–water partition coefficient (Wildman–Crippen LogP) is 2.84. The Morgan fingerprint density at radius 2 is 2.18 bits per heavy atom. The first kappa shape index (κ1) is 13.5. The van der Waals surface area contributed by atoms with Gasteiger partial charge < -0.3 is 4.74 Å². The van der Waals surface area contributed by atoms with Crippen molar-refractivity contribution >= 4 is 23.3 Å². The molecule has 6 heteroatoms. The molecule has 4 rings (SSSR count). The smallest absolute Gasteiger partial charge is 0.327 e. The molecule has 1 aromatic heterocycles. The van der Waals surface area contributed by atoms with Crippen LogP contribution in [0.25, 0.3) is 0 Å². The Morgan fingerprint density at radius 3 is 2.95 bits per heavy atom. The molecule has 0 bridgehead atoms. The van der Waals surface area contributed by atoms with Crippen molar-refractivity contribution in [3.8, 4) is 0 Å². The monoisotopic (exact) mass is 315 g/mol. The number of ether oxygens (including phenoxy) is 1. The molecule has 1 atom stereocenters. The molecule has 0 saturated carbocycles. The molecule has 1 aromatic carbocycles. The molecule has 0 spiro atoms. The van der Waals surface area contributed by atoms with Crippen molar-refractivity contribution in [2.75, 3.05) is 25.1 Å². The van der Waals surface area contributed by atoms with Gasteiger partial charge >= 0.3 is 6.03 Å². The number of rotatable bonds is 1. The molecule has 2 aromatic rings. The number of carbonyl (C=O) groups is 1. The largest absolute Gasteiger partial charge is 0.344 e. The van der Waals surface area contributed by atoms with Gasteiger partial charge in [-0.3, -0.25) is 14.8 Å². The van der Waals surface area contributed by atoms with Crippen LogP contribution >= 0.6 is 11.6 Å². The zero-order valence-corrected chi connectivity index (χ0v) is 12.7. The summed E-state index contributed by atoms with van der Waals surface area (Å²) in [6.07, 6.45) is 1.71. The highest BCUT2D eigenvalue weighted by Gasteiger charge is 2.54. The van der Waals surface area contributed by atoms with Crippen LogP contribution in [0, 0.1) is 0 Å². The third-order valence-corrected chi connectivity index (χ3v) is 4.46. The van der Waals surface area contributed by atoms with Gasteiger partial charge in [0.05, 0.1) is 18.0 Å². The van der Waals surface area contributed by atoms with Gasteiger partial charge in [0, 0.05) is 30.4 Å². The third-order valence-electron chi connectivity index (χ3n) is 4.22.